The van der Waals surface area contributed by atoms with Gasteiger partial charge in [-0.2, -0.15) is 13.2 Å². The summed E-state index contributed by atoms with van der Waals surface area (Å²) in [6.45, 7) is 0. The largest absolute Gasteiger partial charge is 0.489 e. The van der Waals surface area contributed by atoms with Crippen LogP contribution in [0.25, 0.3) is 5.65 Å². The number of aromatic nitrogens is 4. The van der Waals surface area contributed by atoms with Gasteiger partial charge in [-0.1, -0.05) is 0 Å². The van der Waals surface area contributed by atoms with E-state index in [0.29, 0.717) is 17.0 Å². The second kappa shape index (κ2) is 5.97. The summed E-state index contributed by atoms with van der Waals surface area (Å²) in [5, 5.41) is 10.3. The second-order valence-corrected chi connectivity index (χ2v) is 5.84. The van der Waals surface area contributed by atoms with Gasteiger partial charge in [-0.05, 0) is 23.8 Å². The van der Waals surface area contributed by atoms with Crippen LogP contribution in [0.15, 0.2) is 36.8 Å². The molecule has 10 heteroatoms. The Morgan fingerprint density at radius 2 is 2.19 bits per heavy atom. The number of rotatable bonds is 3. The number of fused-ring (bicyclic) bond motifs is 2. The summed E-state index contributed by atoms with van der Waals surface area (Å²) < 4.78 is 45.5. The summed E-state index contributed by atoms with van der Waals surface area (Å²) in [5.74, 6) is 0.238. The molecule has 0 fully saturated rings. The highest BCUT2D eigenvalue weighted by Gasteiger charge is 2.33. The summed E-state index contributed by atoms with van der Waals surface area (Å²) in [6, 6.07) is 3.32. The fourth-order valence-electron chi connectivity index (χ4n) is 2.83. The van der Waals surface area contributed by atoms with E-state index >= 15 is 0 Å². The zero-order chi connectivity index (χ0) is 18.3. The first-order valence-corrected chi connectivity index (χ1v) is 7.71. The summed E-state index contributed by atoms with van der Waals surface area (Å²) in [4.78, 5) is 16.1. The first-order valence-electron chi connectivity index (χ1n) is 7.71. The van der Waals surface area contributed by atoms with Crippen molar-refractivity contribution in [2.24, 2.45) is 0 Å². The number of amides is 1. The lowest BCUT2D eigenvalue weighted by molar-refractivity contribution is -0.137. The van der Waals surface area contributed by atoms with Gasteiger partial charge in [0.15, 0.2) is 5.65 Å². The highest BCUT2D eigenvalue weighted by molar-refractivity contribution is 5.89. The molecule has 0 bridgehead atoms. The molecule has 3 aromatic rings. The fourth-order valence-corrected chi connectivity index (χ4v) is 2.83. The number of hydrogen-bond donors (Lipinski definition) is 1. The van der Waals surface area contributed by atoms with Crippen molar-refractivity contribution in [2.45, 2.75) is 25.1 Å². The first-order chi connectivity index (χ1) is 12.4. The van der Waals surface area contributed by atoms with Gasteiger partial charge in [0.2, 0.25) is 11.9 Å². The predicted octanol–water partition coefficient (Wildman–Crippen LogP) is 2.48. The van der Waals surface area contributed by atoms with Gasteiger partial charge in [0, 0.05) is 18.8 Å². The third-order valence-electron chi connectivity index (χ3n) is 4.01. The molecule has 3 heterocycles. The van der Waals surface area contributed by atoms with E-state index in [0.717, 1.165) is 12.1 Å². The minimum Gasteiger partial charge on any atom is -0.489 e. The van der Waals surface area contributed by atoms with Crippen molar-refractivity contribution >= 4 is 17.5 Å². The smallest absolute Gasteiger partial charge is 0.416 e. The maximum absolute atomic E-state index is 12.8. The van der Waals surface area contributed by atoms with Crippen LogP contribution in [0.4, 0.5) is 19.1 Å². The predicted molar refractivity (Wildman–Crippen MR) is 83.6 cm³/mol. The molecule has 134 valence electrons. The van der Waals surface area contributed by atoms with E-state index in [1.807, 2.05) is 0 Å². The van der Waals surface area contributed by atoms with Crippen molar-refractivity contribution in [1.82, 2.24) is 19.6 Å². The molecule has 1 unspecified atom stereocenters. The highest BCUT2D eigenvalue weighted by atomic mass is 19.4. The Morgan fingerprint density at radius 1 is 1.35 bits per heavy atom. The van der Waals surface area contributed by atoms with Crippen molar-refractivity contribution < 1.29 is 22.7 Å². The van der Waals surface area contributed by atoms with Gasteiger partial charge < -0.3 is 4.74 Å². The molecule has 2 aromatic heterocycles. The molecule has 1 amide bonds. The summed E-state index contributed by atoms with van der Waals surface area (Å²) in [6.07, 6.45) is -0.0971. The molecule has 1 aromatic carbocycles. The third-order valence-corrected chi connectivity index (χ3v) is 4.01. The number of halogens is 3. The molecule has 0 saturated carbocycles. The van der Waals surface area contributed by atoms with Crippen LogP contribution < -0.4 is 10.1 Å². The van der Waals surface area contributed by atoms with Crippen LogP contribution in [0, 0.1) is 0 Å². The Hall–Kier alpha value is -3.17. The fraction of sp³-hybridized carbons (Fsp3) is 0.250. The highest BCUT2D eigenvalue weighted by Crippen LogP contribution is 2.36. The number of carbonyl (C=O) groups excluding carboxylic acids is 1. The number of ether oxygens (including phenoxy) is 1. The van der Waals surface area contributed by atoms with Gasteiger partial charge in [0.1, 0.15) is 11.9 Å². The molecule has 0 saturated heterocycles. The number of anilines is 1. The molecule has 0 aliphatic carbocycles. The van der Waals surface area contributed by atoms with E-state index in [-0.39, 0.29) is 24.7 Å². The molecule has 0 spiro atoms. The minimum atomic E-state index is -4.41. The molecule has 1 aliphatic heterocycles. The monoisotopic (exact) mass is 363 g/mol. The van der Waals surface area contributed by atoms with Crippen LogP contribution in [0.2, 0.25) is 0 Å². The van der Waals surface area contributed by atoms with Gasteiger partial charge in [0.05, 0.1) is 18.2 Å². The summed E-state index contributed by atoms with van der Waals surface area (Å²) in [7, 11) is 0. The number of hydrogen-bond acceptors (Lipinski definition) is 5. The topological polar surface area (TPSA) is 81.4 Å². The molecular weight excluding hydrogens is 351 g/mol. The lowest BCUT2D eigenvalue weighted by Gasteiger charge is -2.10. The van der Waals surface area contributed by atoms with E-state index in [4.69, 9.17) is 4.74 Å². The standard InChI is InChI=1S/C16H12F3N5O2/c17-16(18,19)10-1-2-12-9(5-10)6-11(26-12)7-14(25)21-15-23-22-13-8-20-3-4-24(13)15/h1-5,8,11H,6-7H2,(H,21,23,25). The SMILES string of the molecule is O=C(CC1Cc2cc(C(F)(F)F)ccc2O1)Nc1nnc2cnccn12. The molecule has 7 nitrogen and oxygen atoms in total. The molecule has 0 radical (unpaired) electrons. The van der Waals surface area contributed by atoms with Crippen molar-refractivity contribution in [1.29, 1.82) is 0 Å². The molecule has 1 atom stereocenters. The van der Waals surface area contributed by atoms with E-state index in [2.05, 4.69) is 20.5 Å². The molecule has 1 N–H and O–H groups in total. The maximum Gasteiger partial charge on any atom is 0.416 e. The summed E-state index contributed by atoms with van der Waals surface area (Å²) >= 11 is 0. The number of nitrogens with one attached hydrogen (secondary N) is 1. The van der Waals surface area contributed by atoms with Crippen molar-refractivity contribution in [3.05, 3.63) is 47.9 Å². The lowest BCUT2D eigenvalue weighted by atomic mass is 10.0. The average molecular weight is 363 g/mol. The van der Waals surface area contributed by atoms with Gasteiger partial charge >= 0.3 is 6.18 Å². The minimum absolute atomic E-state index is 0.0178. The quantitative estimate of drug-likeness (QED) is 0.773. The lowest BCUT2D eigenvalue weighted by Crippen LogP contribution is -2.23. The van der Waals surface area contributed by atoms with Crippen LogP contribution in [0.1, 0.15) is 17.5 Å². The maximum atomic E-state index is 12.8. The average Bonchev–Trinajstić information content (AvgIpc) is 3.17. The van der Waals surface area contributed by atoms with Gasteiger partial charge in [0.25, 0.3) is 0 Å². The van der Waals surface area contributed by atoms with Crippen molar-refractivity contribution in [3.63, 3.8) is 0 Å². The molecular formula is C16H12F3N5O2. The van der Waals surface area contributed by atoms with Crippen LogP contribution in [-0.4, -0.2) is 31.6 Å². The number of carbonyl (C=O) groups is 1. The van der Waals surface area contributed by atoms with Gasteiger partial charge in [-0.15, -0.1) is 10.2 Å². The Morgan fingerprint density at radius 3 is 3.00 bits per heavy atom. The normalized spacial score (nSPS) is 16.3. The number of benzene rings is 1. The van der Waals surface area contributed by atoms with Crippen molar-refractivity contribution in [2.75, 3.05) is 5.32 Å². The van der Waals surface area contributed by atoms with Gasteiger partial charge in [-0.3, -0.25) is 19.5 Å². The Kier molecular flexibility index (Phi) is 3.74. The zero-order valence-electron chi connectivity index (χ0n) is 13.2. The molecule has 1 aliphatic rings. The number of nitrogens with zero attached hydrogens (tertiary/aromatic N) is 4. The van der Waals surface area contributed by atoms with Crippen LogP contribution >= 0.6 is 0 Å². The van der Waals surface area contributed by atoms with Crippen LogP contribution in [-0.2, 0) is 17.4 Å². The van der Waals surface area contributed by atoms with Crippen molar-refractivity contribution in [3.8, 4) is 5.75 Å². The molecule has 26 heavy (non-hydrogen) atoms. The summed E-state index contributed by atoms with van der Waals surface area (Å²) in [5.41, 5.74) is 0.192. The van der Waals surface area contributed by atoms with E-state index in [9.17, 15) is 18.0 Å². The van der Waals surface area contributed by atoms with E-state index in [1.54, 1.807) is 10.6 Å². The van der Waals surface area contributed by atoms with E-state index in [1.165, 1.54) is 18.5 Å². The first kappa shape index (κ1) is 16.3. The Bertz CT molecular complexity index is 985. The third kappa shape index (κ3) is 3.05. The Balaban J connectivity index is 1.43. The Labute approximate surface area is 144 Å². The van der Waals surface area contributed by atoms with Crippen LogP contribution in [0.5, 0.6) is 5.75 Å². The van der Waals surface area contributed by atoms with Crippen LogP contribution in [0.3, 0.4) is 0 Å². The number of alkyl halides is 3. The van der Waals surface area contributed by atoms with Gasteiger partial charge in [-0.25, -0.2) is 0 Å². The second-order valence-electron chi connectivity index (χ2n) is 5.84. The zero-order valence-corrected chi connectivity index (χ0v) is 13.2. The molecule has 4 rings (SSSR count). The van der Waals surface area contributed by atoms with E-state index < -0.39 is 17.8 Å².